The molecular formula is C31H41BrN2O6. The number of aliphatic hydroxyl groups excluding tert-OH is 1. The minimum absolute atomic E-state index is 0.155. The number of benzene rings is 1. The Bertz CT molecular complexity index is 1170. The molecule has 40 heavy (non-hydrogen) atoms. The maximum atomic E-state index is 14.8. The number of likely N-dealkylation sites (tertiary alicyclic amines) is 1. The second-order valence-electron chi connectivity index (χ2n) is 11.6. The molecule has 3 aliphatic rings. The summed E-state index contributed by atoms with van der Waals surface area (Å²) < 4.78 is 12.2. The van der Waals surface area contributed by atoms with E-state index in [1.54, 1.807) is 17.1 Å². The molecule has 7 atom stereocenters. The fraction of sp³-hybridized carbons (Fsp3) is 0.581. The van der Waals surface area contributed by atoms with Crippen molar-refractivity contribution in [3.05, 3.63) is 54.6 Å². The molecular weight excluding hydrogens is 576 g/mol. The molecule has 1 spiro atoms. The molecule has 3 aliphatic heterocycles. The Kier molecular flexibility index (Phi) is 9.27. The number of anilines is 1. The number of amides is 2. The molecule has 0 aliphatic carbocycles. The number of aryl methyl sites for hydroxylation is 2. The monoisotopic (exact) mass is 616 g/mol. The summed E-state index contributed by atoms with van der Waals surface area (Å²) in [5, 5.41) is 10.5. The number of carbonyl (C=O) groups is 3. The number of nitrogens with zero attached hydrogens (tertiary/aromatic N) is 2. The molecule has 2 amide bonds. The first-order chi connectivity index (χ1) is 19.0. The highest BCUT2D eigenvalue weighted by Crippen LogP contribution is 2.61. The number of carbonyl (C=O) groups excluding carboxylic acids is 3. The van der Waals surface area contributed by atoms with E-state index in [0.717, 1.165) is 16.8 Å². The summed E-state index contributed by atoms with van der Waals surface area (Å²) in [6.45, 7) is 15.6. The van der Waals surface area contributed by atoms with E-state index in [-0.39, 0.29) is 42.3 Å². The summed E-state index contributed by atoms with van der Waals surface area (Å²) in [5.74, 6) is -2.75. The third-order valence-electron chi connectivity index (χ3n) is 8.38. The number of esters is 1. The Morgan fingerprint density at radius 1 is 1.30 bits per heavy atom. The van der Waals surface area contributed by atoms with Gasteiger partial charge in [-0.15, -0.1) is 13.2 Å². The Morgan fingerprint density at radius 3 is 2.65 bits per heavy atom. The van der Waals surface area contributed by atoms with E-state index < -0.39 is 41.6 Å². The van der Waals surface area contributed by atoms with Crippen LogP contribution in [0.2, 0.25) is 0 Å². The van der Waals surface area contributed by atoms with Crippen LogP contribution in [0.3, 0.4) is 0 Å². The summed E-state index contributed by atoms with van der Waals surface area (Å²) in [4.78, 5) is 45.5. The van der Waals surface area contributed by atoms with E-state index in [2.05, 4.69) is 29.1 Å². The van der Waals surface area contributed by atoms with Crippen molar-refractivity contribution in [1.82, 2.24) is 4.90 Å². The van der Waals surface area contributed by atoms with Gasteiger partial charge in [0.15, 0.2) is 0 Å². The SMILES string of the molecule is C=CCCOC(=O)[C@H]1[C@H]2C(=O)N([C@@H](CO)CC(C)C)C(C(=O)N(CC=C)c3cc(C)ccc3C)C23CC(Br)[C@@H]1O3. The van der Waals surface area contributed by atoms with Crippen LogP contribution in [0.25, 0.3) is 0 Å². The Hall–Kier alpha value is -2.49. The van der Waals surface area contributed by atoms with Crippen molar-refractivity contribution >= 4 is 39.4 Å². The second kappa shape index (κ2) is 12.2. The molecule has 9 heteroatoms. The number of fused-ring (bicyclic) bond motifs is 1. The zero-order valence-electron chi connectivity index (χ0n) is 23.8. The van der Waals surface area contributed by atoms with Gasteiger partial charge in [0.1, 0.15) is 11.6 Å². The van der Waals surface area contributed by atoms with Crippen molar-refractivity contribution in [2.24, 2.45) is 17.8 Å². The fourth-order valence-electron chi connectivity index (χ4n) is 6.76. The van der Waals surface area contributed by atoms with E-state index in [1.165, 1.54) is 4.90 Å². The standard InChI is InChI=1S/C31H41BrN2O6/c1-7-9-13-39-30(38)24-25-28(36)34(21(17-35)14-18(3)4)27(31(25)16-22(32)26(24)40-31)29(37)33(12-8-2)23-15-19(5)10-11-20(23)6/h7-8,10-11,15,18,21-22,24-27,35H,1-2,9,12-14,16-17H2,3-6H3/t21-,22?,24+,25+,26+,27?,31?/m1/s1. The van der Waals surface area contributed by atoms with Crippen LogP contribution < -0.4 is 4.90 Å². The lowest BCUT2D eigenvalue weighted by atomic mass is 9.70. The van der Waals surface area contributed by atoms with Crippen LogP contribution >= 0.6 is 15.9 Å². The van der Waals surface area contributed by atoms with E-state index in [1.807, 2.05) is 45.9 Å². The molecule has 3 unspecified atom stereocenters. The normalized spacial score (nSPS) is 29.4. The first-order valence-corrected chi connectivity index (χ1v) is 15.0. The van der Waals surface area contributed by atoms with Gasteiger partial charge in [-0.25, -0.2) is 0 Å². The number of aliphatic hydroxyl groups is 1. The lowest BCUT2D eigenvalue weighted by Gasteiger charge is -2.40. The molecule has 3 saturated heterocycles. The van der Waals surface area contributed by atoms with E-state index in [4.69, 9.17) is 9.47 Å². The molecule has 3 fully saturated rings. The maximum absolute atomic E-state index is 14.8. The maximum Gasteiger partial charge on any atom is 0.312 e. The van der Waals surface area contributed by atoms with Gasteiger partial charge in [0.05, 0.1) is 37.2 Å². The minimum Gasteiger partial charge on any atom is -0.465 e. The summed E-state index contributed by atoms with van der Waals surface area (Å²) in [6, 6.07) is 4.25. The van der Waals surface area contributed by atoms with Gasteiger partial charge in [-0.3, -0.25) is 14.4 Å². The van der Waals surface area contributed by atoms with Crippen LogP contribution in [0.4, 0.5) is 5.69 Å². The molecule has 2 bridgehead atoms. The van der Waals surface area contributed by atoms with Crippen molar-refractivity contribution < 1.29 is 29.0 Å². The number of alkyl halides is 1. The van der Waals surface area contributed by atoms with Crippen LogP contribution in [-0.4, -0.2) is 76.2 Å². The lowest BCUT2D eigenvalue weighted by Crippen LogP contribution is -2.59. The molecule has 1 N–H and O–H groups in total. The third kappa shape index (κ3) is 5.16. The number of ether oxygens (including phenoxy) is 2. The lowest BCUT2D eigenvalue weighted by molar-refractivity contribution is -0.155. The van der Waals surface area contributed by atoms with Crippen LogP contribution in [0.15, 0.2) is 43.5 Å². The zero-order chi connectivity index (χ0) is 29.4. The molecule has 218 valence electrons. The number of hydrogen-bond acceptors (Lipinski definition) is 6. The highest BCUT2D eigenvalue weighted by atomic mass is 79.9. The van der Waals surface area contributed by atoms with Gasteiger partial charge in [-0.2, -0.15) is 0 Å². The molecule has 3 heterocycles. The van der Waals surface area contributed by atoms with Crippen molar-refractivity contribution in [2.45, 2.75) is 75.6 Å². The average Bonchev–Trinajstić information content (AvgIpc) is 3.50. The van der Waals surface area contributed by atoms with Crippen LogP contribution in [-0.2, 0) is 23.9 Å². The van der Waals surface area contributed by atoms with Crippen molar-refractivity contribution in [3.8, 4) is 0 Å². The van der Waals surface area contributed by atoms with Crippen LogP contribution in [0.1, 0.15) is 44.2 Å². The van der Waals surface area contributed by atoms with Gasteiger partial charge < -0.3 is 24.4 Å². The second-order valence-corrected chi connectivity index (χ2v) is 12.8. The molecule has 4 rings (SSSR count). The predicted molar refractivity (Wildman–Crippen MR) is 157 cm³/mol. The van der Waals surface area contributed by atoms with Crippen molar-refractivity contribution in [1.29, 1.82) is 0 Å². The zero-order valence-corrected chi connectivity index (χ0v) is 25.4. The Balaban J connectivity index is 1.84. The van der Waals surface area contributed by atoms with Crippen molar-refractivity contribution in [3.63, 3.8) is 0 Å². The summed E-state index contributed by atoms with van der Waals surface area (Å²) in [7, 11) is 0. The third-order valence-corrected chi connectivity index (χ3v) is 9.22. The molecule has 0 saturated carbocycles. The highest BCUT2D eigenvalue weighted by molar-refractivity contribution is 9.09. The van der Waals surface area contributed by atoms with Gasteiger partial charge in [0.25, 0.3) is 5.91 Å². The smallest absolute Gasteiger partial charge is 0.312 e. The van der Waals surface area contributed by atoms with Gasteiger partial charge in [0, 0.05) is 17.1 Å². The molecule has 1 aromatic carbocycles. The van der Waals surface area contributed by atoms with Gasteiger partial charge in [-0.05, 0) is 56.2 Å². The molecule has 1 aromatic rings. The fourth-order valence-corrected chi connectivity index (χ4v) is 7.71. The number of hydrogen-bond donors (Lipinski definition) is 1. The first kappa shape index (κ1) is 30.5. The van der Waals surface area contributed by atoms with E-state index in [0.29, 0.717) is 19.3 Å². The Labute approximate surface area is 245 Å². The van der Waals surface area contributed by atoms with Gasteiger partial charge in [0.2, 0.25) is 5.91 Å². The van der Waals surface area contributed by atoms with Gasteiger partial charge >= 0.3 is 5.97 Å². The largest absolute Gasteiger partial charge is 0.465 e. The topological polar surface area (TPSA) is 96.4 Å². The van der Waals surface area contributed by atoms with Gasteiger partial charge in [-0.1, -0.05) is 54.1 Å². The minimum atomic E-state index is -1.24. The summed E-state index contributed by atoms with van der Waals surface area (Å²) in [5.41, 5.74) is 1.39. The number of halogens is 1. The molecule has 8 nitrogen and oxygen atoms in total. The predicted octanol–water partition coefficient (Wildman–Crippen LogP) is 4.10. The first-order valence-electron chi connectivity index (χ1n) is 14.0. The van der Waals surface area contributed by atoms with Crippen LogP contribution in [0.5, 0.6) is 0 Å². The van der Waals surface area contributed by atoms with Crippen molar-refractivity contribution in [2.75, 3.05) is 24.7 Å². The quantitative estimate of drug-likeness (QED) is 0.164. The number of rotatable bonds is 12. The van der Waals surface area contributed by atoms with E-state index in [9.17, 15) is 19.5 Å². The average molecular weight is 618 g/mol. The summed E-state index contributed by atoms with van der Waals surface area (Å²) >= 11 is 3.69. The van der Waals surface area contributed by atoms with E-state index >= 15 is 0 Å². The molecule has 0 radical (unpaired) electrons. The van der Waals surface area contributed by atoms with Crippen LogP contribution in [0, 0.1) is 31.6 Å². The Morgan fingerprint density at radius 2 is 2.02 bits per heavy atom. The highest BCUT2D eigenvalue weighted by Gasteiger charge is 2.77. The summed E-state index contributed by atoms with van der Waals surface area (Å²) in [6.07, 6.45) is 4.09. The molecule has 0 aromatic heterocycles.